The summed E-state index contributed by atoms with van der Waals surface area (Å²) in [5.74, 6) is -1.35. The first kappa shape index (κ1) is 11.2. The van der Waals surface area contributed by atoms with Gasteiger partial charge in [-0.3, -0.25) is 9.59 Å². The van der Waals surface area contributed by atoms with Crippen molar-refractivity contribution in [2.45, 2.75) is 13.3 Å². The lowest BCUT2D eigenvalue weighted by molar-refractivity contribution is -0.137. The van der Waals surface area contributed by atoms with Gasteiger partial charge in [0.25, 0.3) is 5.91 Å². The Morgan fingerprint density at radius 1 is 1.60 bits per heavy atom. The molecule has 0 aliphatic carbocycles. The highest BCUT2D eigenvalue weighted by molar-refractivity contribution is 5.93. The van der Waals surface area contributed by atoms with Gasteiger partial charge in [-0.15, -0.1) is 0 Å². The molecule has 0 aliphatic heterocycles. The SMILES string of the molecule is CCCN(CC(=O)O)C(=O)c1cnc[nH]1. The first-order chi connectivity index (χ1) is 7.15. The smallest absolute Gasteiger partial charge is 0.323 e. The maximum Gasteiger partial charge on any atom is 0.323 e. The number of aliphatic carboxylic acids is 1. The second-order valence-corrected chi connectivity index (χ2v) is 3.09. The highest BCUT2D eigenvalue weighted by atomic mass is 16.4. The molecule has 0 saturated carbocycles. The van der Waals surface area contributed by atoms with Crippen molar-refractivity contribution >= 4 is 11.9 Å². The Labute approximate surface area is 86.9 Å². The van der Waals surface area contributed by atoms with E-state index in [0.717, 1.165) is 0 Å². The summed E-state index contributed by atoms with van der Waals surface area (Å²) >= 11 is 0. The Hall–Kier alpha value is -1.85. The van der Waals surface area contributed by atoms with Crippen LogP contribution in [0.25, 0.3) is 0 Å². The zero-order valence-electron chi connectivity index (χ0n) is 8.43. The number of rotatable bonds is 5. The lowest BCUT2D eigenvalue weighted by Gasteiger charge is -2.18. The number of carbonyl (C=O) groups excluding carboxylic acids is 1. The van der Waals surface area contributed by atoms with Crippen LogP contribution in [0.2, 0.25) is 0 Å². The fraction of sp³-hybridized carbons (Fsp3) is 0.444. The Kier molecular flexibility index (Phi) is 3.84. The Bertz CT molecular complexity index is 334. The van der Waals surface area contributed by atoms with Gasteiger partial charge in [0.15, 0.2) is 0 Å². The topological polar surface area (TPSA) is 86.3 Å². The molecule has 6 nitrogen and oxygen atoms in total. The number of aromatic amines is 1. The molecule has 6 heteroatoms. The Balaban J connectivity index is 2.71. The third kappa shape index (κ3) is 3.08. The summed E-state index contributed by atoms with van der Waals surface area (Å²) in [5, 5.41) is 8.64. The summed E-state index contributed by atoms with van der Waals surface area (Å²) in [6, 6.07) is 0. The quantitative estimate of drug-likeness (QED) is 0.735. The molecule has 15 heavy (non-hydrogen) atoms. The maximum absolute atomic E-state index is 11.7. The standard InChI is InChI=1S/C9H13N3O3/c1-2-3-12(5-8(13)14)9(15)7-4-10-6-11-7/h4,6H,2-3,5H2,1H3,(H,10,11)(H,13,14). The van der Waals surface area contributed by atoms with Crippen LogP contribution < -0.4 is 0 Å². The molecule has 0 radical (unpaired) electrons. The molecule has 0 unspecified atom stereocenters. The second-order valence-electron chi connectivity index (χ2n) is 3.09. The number of H-pyrrole nitrogens is 1. The molecule has 1 aromatic rings. The summed E-state index contributed by atoms with van der Waals surface area (Å²) in [6.45, 7) is 2.02. The van der Waals surface area contributed by atoms with E-state index in [4.69, 9.17) is 5.11 Å². The molecule has 82 valence electrons. The van der Waals surface area contributed by atoms with Crippen LogP contribution in [-0.2, 0) is 4.79 Å². The van der Waals surface area contributed by atoms with Crippen molar-refractivity contribution in [3.63, 3.8) is 0 Å². The van der Waals surface area contributed by atoms with E-state index in [1.807, 2.05) is 6.92 Å². The van der Waals surface area contributed by atoms with Crippen molar-refractivity contribution in [2.75, 3.05) is 13.1 Å². The van der Waals surface area contributed by atoms with Gasteiger partial charge in [-0.1, -0.05) is 6.92 Å². The van der Waals surface area contributed by atoms with Crippen molar-refractivity contribution in [1.82, 2.24) is 14.9 Å². The lowest BCUT2D eigenvalue weighted by Crippen LogP contribution is -2.36. The van der Waals surface area contributed by atoms with Crippen LogP contribution >= 0.6 is 0 Å². The van der Waals surface area contributed by atoms with Gasteiger partial charge in [-0.2, -0.15) is 0 Å². The average molecular weight is 211 g/mol. The predicted molar refractivity (Wildman–Crippen MR) is 52.4 cm³/mol. The summed E-state index contributed by atoms with van der Waals surface area (Å²) in [5.41, 5.74) is 0.310. The molecule has 0 spiro atoms. The zero-order valence-corrected chi connectivity index (χ0v) is 8.43. The first-order valence-electron chi connectivity index (χ1n) is 4.64. The van der Waals surface area contributed by atoms with E-state index >= 15 is 0 Å². The van der Waals surface area contributed by atoms with Crippen LogP contribution in [0.5, 0.6) is 0 Å². The Morgan fingerprint density at radius 3 is 2.80 bits per heavy atom. The van der Waals surface area contributed by atoms with Gasteiger partial charge in [-0.05, 0) is 6.42 Å². The molecule has 1 aromatic heterocycles. The molecule has 2 N–H and O–H groups in total. The van der Waals surface area contributed by atoms with Gasteiger partial charge >= 0.3 is 5.97 Å². The highest BCUT2D eigenvalue weighted by Gasteiger charge is 2.18. The van der Waals surface area contributed by atoms with Crippen molar-refractivity contribution < 1.29 is 14.7 Å². The minimum atomic E-state index is -1.02. The number of aromatic nitrogens is 2. The monoisotopic (exact) mass is 211 g/mol. The van der Waals surface area contributed by atoms with Crippen molar-refractivity contribution in [3.05, 3.63) is 18.2 Å². The van der Waals surface area contributed by atoms with E-state index < -0.39 is 5.97 Å². The van der Waals surface area contributed by atoms with Crippen molar-refractivity contribution in [3.8, 4) is 0 Å². The van der Waals surface area contributed by atoms with Gasteiger partial charge in [0, 0.05) is 6.54 Å². The maximum atomic E-state index is 11.7. The Morgan fingerprint density at radius 2 is 2.33 bits per heavy atom. The third-order valence-electron chi connectivity index (χ3n) is 1.84. The predicted octanol–water partition coefficient (Wildman–Crippen LogP) is 0.346. The number of amides is 1. The summed E-state index contributed by atoms with van der Waals surface area (Å²) in [7, 11) is 0. The van der Waals surface area contributed by atoms with Crippen LogP contribution in [0.1, 0.15) is 23.8 Å². The first-order valence-corrected chi connectivity index (χ1v) is 4.64. The molecule has 0 saturated heterocycles. The minimum Gasteiger partial charge on any atom is -0.480 e. The summed E-state index contributed by atoms with van der Waals surface area (Å²) in [6.07, 6.45) is 3.48. The van der Waals surface area contributed by atoms with E-state index in [1.165, 1.54) is 17.4 Å². The molecule has 0 aliphatic rings. The highest BCUT2D eigenvalue weighted by Crippen LogP contribution is 2.01. The van der Waals surface area contributed by atoms with Gasteiger partial charge in [0.05, 0.1) is 12.5 Å². The number of nitrogens with zero attached hydrogens (tertiary/aromatic N) is 2. The largest absolute Gasteiger partial charge is 0.480 e. The van der Waals surface area contributed by atoms with Gasteiger partial charge in [0.1, 0.15) is 12.2 Å². The molecule has 1 amide bonds. The molecule has 0 atom stereocenters. The molecular weight excluding hydrogens is 198 g/mol. The van der Waals surface area contributed by atoms with E-state index in [9.17, 15) is 9.59 Å². The van der Waals surface area contributed by atoms with Crippen LogP contribution in [0.3, 0.4) is 0 Å². The van der Waals surface area contributed by atoms with Gasteiger partial charge < -0.3 is 15.0 Å². The van der Waals surface area contributed by atoms with E-state index in [0.29, 0.717) is 18.7 Å². The van der Waals surface area contributed by atoms with Crippen molar-refractivity contribution in [1.29, 1.82) is 0 Å². The molecule has 1 rings (SSSR count). The molecule has 0 aromatic carbocycles. The summed E-state index contributed by atoms with van der Waals surface area (Å²) in [4.78, 5) is 29.9. The van der Waals surface area contributed by atoms with E-state index in [1.54, 1.807) is 0 Å². The number of carboxylic acid groups (broad SMARTS) is 1. The molecular formula is C9H13N3O3. The fourth-order valence-corrected chi connectivity index (χ4v) is 1.23. The number of imidazole rings is 1. The van der Waals surface area contributed by atoms with Crippen molar-refractivity contribution in [2.24, 2.45) is 0 Å². The molecule has 1 heterocycles. The van der Waals surface area contributed by atoms with Crippen LogP contribution in [0, 0.1) is 0 Å². The lowest BCUT2D eigenvalue weighted by atomic mass is 10.3. The minimum absolute atomic E-state index is 0.286. The van der Waals surface area contributed by atoms with Crippen LogP contribution in [-0.4, -0.2) is 44.9 Å². The summed E-state index contributed by atoms with van der Waals surface area (Å²) < 4.78 is 0. The molecule has 0 fully saturated rings. The number of hydrogen-bond acceptors (Lipinski definition) is 3. The fourth-order valence-electron chi connectivity index (χ4n) is 1.23. The molecule has 0 bridgehead atoms. The number of carbonyl (C=O) groups is 2. The number of carboxylic acids is 1. The number of hydrogen-bond donors (Lipinski definition) is 2. The van der Waals surface area contributed by atoms with Gasteiger partial charge in [0.2, 0.25) is 0 Å². The van der Waals surface area contributed by atoms with E-state index in [-0.39, 0.29) is 12.5 Å². The number of nitrogens with one attached hydrogen (secondary N) is 1. The van der Waals surface area contributed by atoms with Crippen LogP contribution in [0.4, 0.5) is 0 Å². The van der Waals surface area contributed by atoms with Gasteiger partial charge in [-0.25, -0.2) is 4.98 Å². The zero-order chi connectivity index (χ0) is 11.3. The second kappa shape index (κ2) is 5.14. The van der Waals surface area contributed by atoms with E-state index in [2.05, 4.69) is 9.97 Å². The third-order valence-corrected chi connectivity index (χ3v) is 1.84. The van der Waals surface area contributed by atoms with Crippen LogP contribution in [0.15, 0.2) is 12.5 Å². The average Bonchev–Trinajstić information content (AvgIpc) is 2.68. The normalized spacial score (nSPS) is 9.93.